The van der Waals surface area contributed by atoms with Gasteiger partial charge in [0, 0.05) is 15.7 Å². The molecule has 0 radical (unpaired) electrons. The van der Waals surface area contributed by atoms with Crippen LogP contribution in [-0.4, -0.2) is 13.4 Å². The molecule has 0 aliphatic carbocycles. The van der Waals surface area contributed by atoms with Crippen LogP contribution in [0.4, 0.5) is 5.69 Å². The van der Waals surface area contributed by atoms with E-state index in [1.165, 1.54) is 12.3 Å². The molecule has 0 aliphatic heterocycles. The molecular weight excluding hydrogens is 387 g/mol. The van der Waals surface area contributed by atoms with Gasteiger partial charge in [0.25, 0.3) is 10.0 Å². The largest absolute Gasteiger partial charge is 0.279 e. The molecule has 1 heterocycles. The van der Waals surface area contributed by atoms with E-state index in [9.17, 15) is 8.42 Å². The average molecular weight is 396 g/mol. The standard InChI is InChI=1S/C12H9BrCl2N2O2S/c1-7-4-9(14)2-3-10(7)17-20(18,19)11-5-8(13)6-16-12(11)15/h2-6,17H,1H3. The number of rotatable bonds is 3. The molecule has 0 atom stereocenters. The molecule has 0 fully saturated rings. The fraction of sp³-hybridized carbons (Fsp3) is 0.0833. The van der Waals surface area contributed by atoms with Crippen molar-refractivity contribution in [3.8, 4) is 0 Å². The van der Waals surface area contributed by atoms with Gasteiger partial charge in [0.05, 0.1) is 5.69 Å². The zero-order valence-electron chi connectivity index (χ0n) is 10.2. The molecule has 0 saturated carbocycles. The lowest BCUT2D eigenvalue weighted by Gasteiger charge is -2.11. The monoisotopic (exact) mass is 394 g/mol. The van der Waals surface area contributed by atoms with Crippen LogP contribution in [0.3, 0.4) is 0 Å². The van der Waals surface area contributed by atoms with Crippen molar-refractivity contribution in [1.29, 1.82) is 0 Å². The Balaban J connectivity index is 2.43. The average Bonchev–Trinajstić information content (AvgIpc) is 2.35. The van der Waals surface area contributed by atoms with Crippen molar-refractivity contribution in [3.63, 3.8) is 0 Å². The minimum absolute atomic E-state index is 0.0904. The predicted molar refractivity (Wildman–Crippen MR) is 83.9 cm³/mol. The van der Waals surface area contributed by atoms with E-state index in [1.54, 1.807) is 25.1 Å². The molecule has 2 aromatic rings. The Hall–Kier alpha value is -0.820. The maximum absolute atomic E-state index is 12.3. The molecule has 0 bridgehead atoms. The van der Waals surface area contributed by atoms with Gasteiger partial charge in [-0.25, -0.2) is 13.4 Å². The van der Waals surface area contributed by atoms with E-state index < -0.39 is 10.0 Å². The van der Waals surface area contributed by atoms with Crippen LogP contribution in [0.2, 0.25) is 10.2 Å². The van der Waals surface area contributed by atoms with Crippen molar-refractivity contribution in [3.05, 3.63) is 50.7 Å². The molecule has 0 unspecified atom stereocenters. The highest BCUT2D eigenvalue weighted by Crippen LogP contribution is 2.27. The highest BCUT2D eigenvalue weighted by molar-refractivity contribution is 9.10. The van der Waals surface area contributed by atoms with Crippen molar-refractivity contribution >= 4 is 54.8 Å². The number of halogens is 3. The highest BCUT2D eigenvalue weighted by atomic mass is 79.9. The Labute approximate surface area is 135 Å². The zero-order valence-corrected chi connectivity index (χ0v) is 14.1. The maximum atomic E-state index is 12.3. The molecular formula is C12H9BrCl2N2O2S. The summed E-state index contributed by atoms with van der Waals surface area (Å²) in [6, 6.07) is 6.25. The van der Waals surface area contributed by atoms with Crippen molar-refractivity contribution in [2.45, 2.75) is 11.8 Å². The van der Waals surface area contributed by atoms with Crippen molar-refractivity contribution in [2.24, 2.45) is 0 Å². The van der Waals surface area contributed by atoms with Crippen LogP contribution in [0.5, 0.6) is 0 Å². The van der Waals surface area contributed by atoms with Crippen molar-refractivity contribution < 1.29 is 8.42 Å². The highest BCUT2D eigenvalue weighted by Gasteiger charge is 2.20. The number of hydrogen-bond donors (Lipinski definition) is 1. The van der Waals surface area contributed by atoms with Gasteiger partial charge in [-0.2, -0.15) is 0 Å². The number of nitrogens with zero attached hydrogens (tertiary/aromatic N) is 1. The molecule has 0 saturated heterocycles. The van der Waals surface area contributed by atoms with E-state index in [2.05, 4.69) is 25.6 Å². The number of sulfonamides is 1. The van der Waals surface area contributed by atoms with Gasteiger partial charge >= 0.3 is 0 Å². The second-order valence-electron chi connectivity index (χ2n) is 4.01. The maximum Gasteiger partial charge on any atom is 0.265 e. The summed E-state index contributed by atoms with van der Waals surface area (Å²) in [6.07, 6.45) is 1.43. The third kappa shape index (κ3) is 3.44. The fourth-order valence-electron chi connectivity index (χ4n) is 1.53. The van der Waals surface area contributed by atoms with E-state index >= 15 is 0 Å². The first kappa shape index (κ1) is 15.6. The number of anilines is 1. The number of aromatic nitrogens is 1. The van der Waals surface area contributed by atoms with Gasteiger partial charge in [0.2, 0.25) is 0 Å². The van der Waals surface area contributed by atoms with E-state index in [0.29, 0.717) is 20.7 Å². The molecule has 0 spiro atoms. The van der Waals surface area contributed by atoms with E-state index in [1.807, 2.05) is 0 Å². The summed E-state index contributed by atoms with van der Waals surface area (Å²) < 4.78 is 27.6. The molecule has 0 amide bonds. The first-order chi connectivity index (χ1) is 9.29. The van der Waals surface area contributed by atoms with E-state index in [-0.39, 0.29) is 10.0 Å². The third-order valence-corrected chi connectivity index (χ3v) is 4.96. The number of aryl methyl sites for hydroxylation is 1. The number of benzene rings is 1. The lowest BCUT2D eigenvalue weighted by atomic mass is 10.2. The van der Waals surface area contributed by atoms with Crippen LogP contribution in [0.15, 0.2) is 39.8 Å². The van der Waals surface area contributed by atoms with Crippen LogP contribution in [0.25, 0.3) is 0 Å². The molecule has 1 aromatic carbocycles. The summed E-state index contributed by atoms with van der Waals surface area (Å²) in [6.45, 7) is 1.75. The van der Waals surface area contributed by atoms with Gasteiger partial charge in [-0.1, -0.05) is 23.2 Å². The molecule has 4 nitrogen and oxygen atoms in total. The minimum atomic E-state index is -3.82. The van der Waals surface area contributed by atoms with E-state index in [0.717, 1.165) is 0 Å². The molecule has 1 aromatic heterocycles. The van der Waals surface area contributed by atoms with Crippen molar-refractivity contribution in [1.82, 2.24) is 4.98 Å². The second-order valence-corrected chi connectivity index (χ2v) is 7.37. The van der Waals surface area contributed by atoms with Gasteiger partial charge < -0.3 is 0 Å². The SMILES string of the molecule is Cc1cc(Cl)ccc1NS(=O)(=O)c1cc(Br)cnc1Cl. The Morgan fingerprint density at radius 2 is 1.95 bits per heavy atom. The number of hydrogen-bond acceptors (Lipinski definition) is 3. The molecule has 1 N–H and O–H groups in total. The summed E-state index contributed by atoms with van der Waals surface area (Å²) in [7, 11) is -3.82. The molecule has 0 aliphatic rings. The summed E-state index contributed by atoms with van der Waals surface area (Å²) in [5.41, 5.74) is 1.14. The van der Waals surface area contributed by atoms with Crippen LogP contribution in [-0.2, 0) is 10.0 Å². The van der Waals surface area contributed by atoms with Gasteiger partial charge in [-0.05, 0) is 52.7 Å². The zero-order chi connectivity index (χ0) is 14.9. The number of pyridine rings is 1. The molecule has 2 rings (SSSR count). The Morgan fingerprint density at radius 1 is 1.25 bits per heavy atom. The second kappa shape index (κ2) is 5.89. The summed E-state index contributed by atoms with van der Waals surface area (Å²) in [5, 5.41) is 0.444. The first-order valence-corrected chi connectivity index (χ1v) is 8.43. The quantitative estimate of drug-likeness (QED) is 0.789. The summed E-state index contributed by atoms with van der Waals surface area (Å²) in [5.74, 6) is 0. The van der Waals surface area contributed by atoms with Gasteiger partial charge in [-0.3, -0.25) is 4.72 Å². The van der Waals surface area contributed by atoms with Gasteiger partial charge in [0.1, 0.15) is 10.0 Å². The van der Waals surface area contributed by atoms with Gasteiger partial charge in [-0.15, -0.1) is 0 Å². The van der Waals surface area contributed by atoms with Crippen molar-refractivity contribution in [2.75, 3.05) is 4.72 Å². The lowest BCUT2D eigenvalue weighted by molar-refractivity contribution is 0.600. The van der Waals surface area contributed by atoms with E-state index in [4.69, 9.17) is 23.2 Å². The first-order valence-electron chi connectivity index (χ1n) is 5.39. The fourth-order valence-corrected chi connectivity index (χ4v) is 3.84. The topological polar surface area (TPSA) is 59.1 Å². The Kier molecular flexibility index (Phi) is 4.59. The van der Waals surface area contributed by atoms with Crippen LogP contribution >= 0.6 is 39.1 Å². The van der Waals surface area contributed by atoms with Crippen LogP contribution in [0, 0.1) is 6.92 Å². The minimum Gasteiger partial charge on any atom is -0.279 e. The molecule has 20 heavy (non-hydrogen) atoms. The smallest absolute Gasteiger partial charge is 0.265 e. The van der Waals surface area contributed by atoms with Crippen LogP contribution < -0.4 is 4.72 Å². The number of nitrogens with one attached hydrogen (secondary N) is 1. The predicted octanol–water partition coefficient (Wildman–Crippen LogP) is 4.26. The summed E-state index contributed by atoms with van der Waals surface area (Å²) in [4.78, 5) is 3.71. The Morgan fingerprint density at radius 3 is 2.60 bits per heavy atom. The van der Waals surface area contributed by atoms with Crippen LogP contribution in [0.1, 0.15) is 5.56 Å². The molecule has 8 heteroatoms. The Bertz CT molecular complexity index is 766. The molecule has 106 valence electrons. The summed E-state index contributed by atoms with van der Waals surface area (Å²) >= 11 is 14.8. The van der Waals surface area contributed by atoms with Gasteiger partial charge in [0.15, 0.2) is 0 Å². The third-order valence-electron chi connectivity index (χ3n) is 2.50. The normalized spacial score (nSPS) is 11.4. The lowest BCUT2D eigenvalue weighted by Crippen LogP contribution is -2.14.